The van der Waals surface area contributed by atoms with Crippen molar-refractivity contribution in [2.45, 2.75) is 11.1 Å². The molecule has 29 heavy (non-hydrogen) atoms. The van der Waals surface area contributed by atoms with Crippen LogP contribution in [0.15, 0.2) is 64.2 Å². The monoisotopic (exact) mass is 442 g/mol. The fourth-order valence-corrected chi connectivity index (χ4v) is 3.68. The maximum Gasteiger partial charge on any atom is 0.416 e. The summed E-state index contributed by atoms with van der Waals surface area (Å²) < 4.78 is 70.5. The van der Waals surface area contributed by atoms with E-state index in [9.17, 15) is 30.9 Å². The highest BCUT2D eigenvalue weighted by molar-refractivity contribution is 7.85. The summed E-state index contributed by atoms with van der Waals surface area (Å²) in [6, 6.07) is 8.58. The first-order chi connectivity index (χ1) is 13.5. The van der Waals surface area contributed by atoms with E-state index in [-0.39, 0.29) is 11.4 Å². The molecule has 0 saturated heterocycles. The van der Waals surface area contributed by atoms with Gasteiger partial charge in [-0.25, -0.2) is 4.79 Å². The normalized spacial score (nSPS) is 11.9. The quantitative estimate of drug-likeness (QED) is 0.476. The zero-order valence-corrected chi connectivity index (χ0v) is 16.0. The van der Waals surface area contributed by atoms with Crippen LogP contribution in [-0.2, 0) is 16.3 Å². The number of nitrogens with one attached hydrogen (secondary N) is 2. The number of rotatable bonds is 4. The third-order valence-electron chi connectivity index (χ3n) is 3.82. The molecule has 0 saturated carbocycles. The lowest BCUT2D eigenvalue weighted by atomic mass is 10.1. The van der Waals surface area contributed by atoms with E-state index in [1.54, 1.807) is 16.8 Å². The predicted molar refractivity (Wildman–Crippen MR) is 104 cm³/mol. The Bertz CT molecular complexity index is 1140. The molecule has 0 aliphatic rings. The van der Waals surface area contributed by atoms with Crippen molar-refractivity contribution in [3.05, 3.63) is 64.9 Å². The third-order valence-corrected chi connectivity index (χ3v) is 5.35. The molecule has 152 valence electrons. The van der Waals surface area contributed by atoms with Gasteiger partial charge in [0.15, 0.2) is 0 Å². The smallest absolute Gasteiger partial charge is 0.308 e. The van der Waals surface area contributed by atoms with Gasteiger partial charge >= 0.3 is 12.2 Å². The van der Waals surface area contributed by atoms with E-state index < -0.39 is 32.8 Å². The van der Waals surface area contributed by atoms with Crippen LogP contribution < -0.4 is 10.6 Å². The molecule has 3 aromatic rings. The second-order valence-corrected chi connectivity index (χ2v) is 8.05. The molecule has 0 fully saturated rings. The largest absolute Gasteiger partial charge is 0.416 e. The Morgan fingerprint density at radius 3 is 2.41 bits per heavy atom. The SMILES string of the molecule is O=C(Nc1cccc(C(F)(F)F)c1)Nc1cc(S(=O)(=O)O)ccc1-c1ccsc1. The number of thiophene rings is 1. The first kappa shape index (κ1) is 20.8. The van der Waals surface area contributed by atoms with E-state index >= 15 is 0 Å². The van der Waals surface area contributed by atoms with Gasteiger partial charge in [-0.2, -0.15) is 32.9 Å². The maximum atomic E-state index is 12.8. The molecular formula is C18H13F3N2O4S2. The standard InChI is InChI=1S/C18H13F3N2O4S2/c19-18(20,21)12-2-1-3-13(8-12)22-17(24)23-16-9-14(29(25,26)27)4-5-15(16)11-6-7-28-10-11/h1-10H,(H2,22,23,24)(H,25,26,27). The van der Waals surface area contributed by atoms with Crippen molar-refractivity contribution in [3.8, 4) is 11.1 Å². The molecule has 11 heteroatoms. The molecule has 0 spiro atoms. The highest BCUT2D eigenvalue weighted by atomic mass is 32.2. The Kier molecular flexibility index (Phi) is 5.64. The second-order valence-electron chi connectivity index (χ2n) is 5.85. The number of carbonyl (C=O) groups excluding carboxylic acids is 1. The van der Waals surface area contributed by atoms with Crippen LogP contribution in [0.1, 0.15) is 5.56 Å². The van der Waals surface area contributed by atoms with Crippen molar-refractivity contribution >= 4 is 38.9 Å². The Morgan fingerprint density at radius 2 is 1.79 bits per heavy atom. The minimum absolute atomic E-state index is 0.0583. The molecule has 3 rings (SSSR count). The molecular weight excluding hydrogens is 429 g/mol. The minimum atomic E-state index is -4.57. The second kappa shape index (κ2) is 7.85. The van der Waals surface area contributed by atoms with E-state index in [2.05, 4.69) is 10.6 Å². The summed E-state index contributed by atoms with van der Waals surface area (Å²) in [5.41, 5.74) is 0.190. The number of amides is 2. The lowest BCUT2D eigenvalue weighted by Crippen LogP contribution is -2.20. The van der Waals surface area contributed by atoms with Gasteiger partial charge < -0.3 is 10.6 Å². The van der Waals surface area contributed by atoms with Crippen molar-refractivity contribution in [2.75, 3.05) is 10.6 Å². The van der Waals surface area contributed by atoms with Crippen LogP contribution in [-0.4, -0.2) is 19.0 Å². The highest BCUT2D eigenvalue weighted by Crippen LogP contribution is 2.33. The molecule has 0 aliphatic heterocycles. The van der Waals surface area contributed by atoms with Crippen molar-refractivity contribution in [1.82, 2.24) is 0 Å². The topological polar surface area (TPSA) is 95.5 Å². The maximum absolute atomic E-state index is 12.8. The lowest BCUT2D eigenvalue weighted by molar-refractivity contribution is -0.137. The number of benzene rings is 2. The van der Waals surface area contributed by atoms with Crippen LogP contribution in [0, 0.1) is 0 Å². The first-order valence-electron chi connectivity index (χ1n) is 7.93. The Balaban J connectivity index is 1.89. The molecule has 0 unspecified atom stereocenters. The Labute approximate surface area is 167 Å². The van der Waals surface area contributed by atoms with Gasteiger partial charge in [-0.05, 0) is 52.7 Å². The number of hydrogen-bond acceptors (Lipinski definition) is 4. The van der Waals surface area contributed by atoms with Crippen LogP contribution in [0.25, 0.3) is 11.1 Å². The summed E-state index contributed by atoms with van der Waals surface area (Å²) in [5.74, 6) is 0. The van der Waals surface area contributed by atoms with Gasteiger partial charge in [0, 0.05) is 11.3 Å². The molecule has 0 bridgehead atoms. The fourth-order valence-electron chi connectivity index (χ4n) is 2.51. The summed E-state index contributed by atoms with van der Waals surface area (Å²) in [5, 5.41) is 8.23. The summed E-state index contributed by atoms with van der Waals surface area (Å²) in [4.78, 5) is 11.9. The van der Waals surface area contributed by atoms with E-state index in [1.165, 1.54) is 29.5 Å². The van der Waals surface area contributed by atoms with Gasteiger partial charge in [0.05, 0.1) is 16.1 Å². The van der Waals surface area contributed by atoms with E-state index in [0.29, 0.717) is 11.1 Å². The zero-order valence-electron chi connectivity index (χ0n) is 14.4. The summed E-state index contributed by atoms with van der Waals surface area (Å²) >= 11 is 1.38. The Morgan fingerprint density at radius 1 is 1.03 bits per heavy atom. The van der Waals surface area contributed by atoms with Crippen molar-refractivity contribution in [2.24, 2.45) is 0 Å². The Hall–Kier alpha value is -2.89. The summed E-state index contributed by atoms with van der Waals surface area (Å²) in [6.07, 6.45) is -4.57. The van der Waals surface area contributed by atoms with Crippen LogP contribution in [0.5, 0.6) is 0 Å². The average molecular weight is 442 g/mol. The van der Waals surface area contributed by atoms with Crippen LogP contribution in [0.2, 0.25) is 0 Å². The van der Waals surface area contributed by atoms with Gasteiger partial charge in [0.2, 0.25) is 0 Å². The molecule has 0 atom stereocenters. The van der Waals surface area contributed by atoms with Crippen molar-refractivity contribution in [1.29, 1.82) is 0 Å². The van der Waals surface area contributed by atoms with Gasteiger partial charge in [-0.3, -0.25) is 4.55 Å². The van der Waals surface area contributed by atoms with Crippen LogP contribution >= 0.6 is 11.3 Å². The predicted octanol–water partition coefficient (Wildman–Crippen LogP) is 5.32. The molecule has 3 N–H and O–H groups in total. The molecule has 0 radical (unpaired) electrons. The number of anilines is 2. The molecule has 1 aromatic heterocycles. The average Bonchev–Trinajstić information content (AvgIpc) is 3.14. The molecule has 2 aromatic carbocycles. The summed E-state index contributed by atoms with van der Waals surface area (Å²) in [7, 11) is -4.52. The molecule has 0 aliphatic carbocycles. The molecule has 2 amide bonds. The van der Waals surface area contributed by atoms with E-state index in [0.717, 1.165) is 24.3 Å². The third kappa shape index (κ3) is 5.13. The van der Waals surface area contributed by atoms with Crippen molar-refractivity contribution in [3.63, 3.8) is 0 Å². The van der Waals surface area contributed by atoms with Crippen molar-refractivity contribution < 1.29 is 30.9 Å². The highest BCUT2D eigenvalue weighted by Gasteiger charge is 2.30. The van der Waals surface area contributed by atoms with Crippen LogP contribution in [0.3, 0.4) is 0 Å². The fraction of sp³-hybridized carbons (Fsp3) is 0.0556. The van der Waals surface area contributed by atoms with E-state index in [4.69, 9.17) is 0 Å². The number of alkyl halides is 3. The van der Waals surface area contributed by atoms with Gasteiger partial charge in [-0.1, -0.05) is 12.1 Å². The van der Waals surface area contributed by atoms with E-state index in [1.807, 2.05) is 0 Å². The number of urea groups is 1. The first-order valence-corrected chi connectivity index (χ1v) is 10.3. The minimum Gasteiger partial charge on any atom is -0.308 e. The van der Waals surface area contributed by atoms with Crippen LogP contribution in [0.4, 0.5) is 29.3 Å². The van der Waals surface area contributed by atoms with Gasteiger partial charge in [0.1, 0.15) is 0 Å². The molecule has 6 nitrogen and oxygen atoms in total. The number of halogens is 3. The number of carbonyl (C=O) groups is 1. The molecule has 1 heterocycles. The lowest BCUT2D eigenvalue weighted by Gasteiger charge is -2.14. The van der Waals surface area contributed by atoms with Gasteiger partial charge in [0.25, 0.3) is 10.1 Å². The zero-order chi connectivity index (χ0) is 21.2. The summed E-state index contributed by atoms with van der Waals surface area (Å²) in [6.45, 7) is 0. The number of hydrogen-bond donors (Lipinski definition) is 3. The van der Waals surface area contributed by atoms with Gasteiger partial charge in [-0.15, -0.1) is 0 Å².